The van der Waals surface area contributed by atoms with Gasteiger partial charge in [0.2, 0.25) is 0 Å². The largest absolute Gasteiger partial charge is 0.378 e. The van der Waals surface area contributed by atoms with Crippen molar-refractivity contribution >= 4 is 5.69 Å². The monoisotopic (exact) mass is 222 g/mol. The standard InChI is InChI=1S/C12H18N2O2/c1-10(16-13)11-4-2-3-5-12(11)14-6-8-15-9-7-14/h2-5,10H,6-9,13H2,1H3. The molecule has 1 saturated heterocycles. The fraction of sp³-hybridized carbons (Fsp3) is 0.500. The van der Waals surface area contributed by atoms with Crippen LogP contribution >= 0.6 is 0 Å². The van der Waals surface area contributed by atoms with Gasteiger partial charge in [-0.25, -0.2) is 5.90 Å². The lowest BCUT2D eigenvalue weighted by atomic mass is 10.1. The molecule has 1 fully saturated rings. The van der Waals surface area contributed by atoms with E-state index in [4.69, 9.17) is 15.5 Å². The molecular formula is C12H18N2O2. The van der Waals surface area contributed by atoms with Gasteiger partial charge >= 0.3 is 0 Å². The Bertz CT molecular complexity index is 338. The summed E-state index contributed by atoms with van der Waals surface area (Å²) in [6, 6.07) is 8.21. The fourth-order valence-electron chi connectivity index (χ4n) is 2.00. The van der Waals surface area contributed by atoms with Crippen molar-refractivity contribution in [3.8, 4) is 0 Å². The van der Waals surface area contributed by atoms with E-state index in [9.17, 15) is 0 Å². The molecule has 1 aliphatic rings. The van der Waals surface area contributed by atoms with Gasteiger partial charge in [0.15, 0.2) is 0 Å². The summed E-state index contributed by atoms with van der Waals surface area (Å²) in [6.45, 7) is 5.38. The van der Waals surface area contributed by atoms with Gasteiger partial charge in [-0.1, -0.05) is 18.2 Å². The zero-order chi connectivity index (χ0) is 11.4. The molecule has 4 nitrogen and oxygen atoms in total. The van der Waals surface area contributed by atoms with Gasteiger partial charge in [0.05, 0.1) is 13.2 Å². The molecule has 0 radical (unpaired) electrons. The summed E-state index contributed by atoms with van der Waals surface area (Å²) >= 11 is 0. The van der Waals surface area contributed by atoms with Crippen LogP contribution in [-0.2, 0) is 9.57 Å². The molecule has 16 heavy (non-hydrogen) atoms. The van der Waals surface area contributed by atoms with Crippen LogP contribution in [0.5, 0.6) is 0 Å². The molecule has 1 aromatic rings. The smallest absolute Gasteiger partial charge is 0.103 e. The maximum atomic E-state index is 5.35. The number of hydrogen-bond acceptors (Lipinski definition) is 4. The van der Waals surface area contributed by atoms with Gasteiger partial charge in [0, 0.05) is 24.3 Å². The Morgan fingerprint density at radius 2 is 2.00 bits per heavy atom. The number of benzene rings is 1. The normalized spacial score (nSPS) is 18.5. The number of nitrogens with zero attached hydrogens (tertiary/aromatic N) is 1. The number of nitrogens with two attached hydrogens (primary N) is 1. The van der Waals surface area contributed by atoms with E-state index in [1.54, 1.807) is 0 Å². The van der Waals surface area contributed by atoms with Crippen molar-refractivity contribution in [3.63, 3.8) is 0 Å². The number of hydrogen-bond donors (Lipinski definition) is 1. The molecular weight excluding hydrogens is 204 g/mol. The Morgan fingerprint density at radius 1 is 1.31 bits per heavy atom. The highest BCUT2D eigenvalue weighted by Crippen LogP contribution is 2.27. The van der Waals surface area contributed by atoms with Crippen molar-refractivity contribution in [2.24, 2.45) is 5.90 Å². The maximum Gasteiger partial charge on any atom is 0.103 e. The Morgan fingerprint density at radius 3 is 2.69 bits per heavy atom. The van der Waals surface area contributed by atoms with Gasteiger partial charge in [0.25, 0.3) is 0 Å². The highest BCUT2D eigenvalue weighted by Gasteiger charge is 2.17. The number of rotatable bonds is 3. The van der Waals surface area contributed by atoms with Crippen molar-refractivity contribution in [2.75, 3.05) is 31.2 Å². The molecule has 1 atom stereocenters. The first-order valence-electron chi connectivity index (χ1n) is 5.60. The fourth-order valence-corrected chi connectivity index (χ4v) is 2.00. The van der Waals surface area contributed by atoms with Crippen molar-refractivity contribution in [1.82, 2.24) is 0 Å². The molecule has 0 spiro atoms. The Kier molecular flexibility index (Phi) is 3.77. The molecule has 4 heteroatoms. The van der Waals surface area contributed by atoms with Crippen LogP contribution in [0.15, 0.2) is 24.3 Å². The van der Waals surface area contributed by atoms with E-state index in [2.05, 4.69) is 17.0 Å². The summed E-state index contributed by atoms with van der Waals surface area (Å²) < 4.78 is 5.35. The van der Waals surface area contributed by atoms with Crippen LogP contribution in [0, 0.1) is 0 Å². The number of anilines is 1. The van der Waals surface area contributed by atoms with E-state index in [-0.39, 0.29) is 6.10 Å². The second-order valence-corrected chi connectivity index (χ2v) is 3.94. The lowest BCUT2D eigenvalue weighted by Crippen LogP contribution is -2.37. The number of morpholine rings is 1. The van der Waals surface area contributed by atoms with Gasteiger partial charge in [-0.2, -0.15) is 0 Å². The Labute approximate surface area is 95.9 Å². The van der Waals surface area contributed by atoms with Crippen molar-refractivity contribution in [2.45, 2.75) is 13.0 Å². The van der Waals surface area contributed by atoms with Crippen molar-refractivity contribution < 1.29 is 9.57 Å². The summed E-state index contributed by atoms with van der Waals surface area (Å²) in [5.74, 6) is 5.26. The maximum absolute atomic E-state index is 5.35. The molecule has 0 aliphatic carbocycles. The first-order valence-corrected chi connectivity index (χ1v) is 5.60. The van der Waals surface area contributed by atoms with Crippen molar-refractivity contribution in [1.29, 1.82) is 0 Å². The molecule has 2 N–H and O–H groups in total. The van der Waals surface area contributed by atoms with E-state index < -0.39 is 0 Å². The van der Waals surface area contributed by atoms with Crippen LogP contribution in [0.25, 0.3) is 0 Å². The average Bonchev–Trinajstić information content (AvgIpc) is 2.39. The molecule has 1 unspecified atom stereocenters. The first kappa shape index (κ1) is 11.4. The van der Waals surface area contributed by atoms with Gasteiger partial charge < -0.3 is 9.64 Å². The Balaban J connectivity index is 2.24. The van der Waals surface area contributed by atoms with E-state index in [1.807, 2.05) is 19.1 Å². The quantitative estimate of drug-likeness (QED) is 0.787. The molecule has 1 heterocycles. The third-order valence-corrected chi connectivity index (χ3v) is 2.93. The lowest BCUT2D eigenvalue weighted by Gasteiger charge is -2.31. The minimum absolute atomic E-state index is 0.0842. The van der Waals surface area contributed by atoms with E-state index in [0.717, 1.165) is 31.9 Å². The second-order valence-electron chi connectivity index (χ2n) is 3.94. The van der Waals surface area contributed by atoms with Crippen molar-refractivity contribution in [3.05, 3.63) is 29.8 Å². The molecule has 88 valence electrons. The first-order chi connectivity index (χ1) is 7.83. The molecule has 2 rings (SSSR count). The van der Waals surface area contributed by atoms with Gasteiger partial charge in [-0.15, -0.1) is 0 Å². The van der Waals surface area contributed by atoms with Gasteiger partial charge in [-0.3, -0.25) is 4.84 Å². The third-order valence-electron chi connectivity index (χ3n) is 2.93. The summed E-state index contributed by atoms with van der Waals surface area (Å²) in [5.41, 5.74) is 2.33. The van der Waals surface area contributed by atoms with Gasteiger partial charge in [0.1, 0.15) is 6.10 Å². The SMILES string of the molecule is CC(ON)c1ccccc1N1CCOCC1. The molecule has 0 bridgehead atoms. The highest BCUT2D eigenvalue weighted by atomic mass is 16.6. The highest BCUT2D eigenvalue weighted by molar-refractivity contribution is 5.54. The molecule has 0 saturated carbocycles. The zero-order valence-corrected chi connectivity index (χ0v) is 9.56. The molecule has 1 aromatic carbocycles. The summed E-state index contributed by atoms with van der Waals surface area (Å²) in [6.07, 6.45) is -0.0842. The van der Waals surface area contributed by atoms with E-state index in [0.29, 0.717) is 0 Å². The predicted octanol–water partition coefficient (Wildman–Crippen LogP) is 1.47. The molecule has 0 amide bonds. The van der Waals surface area contributed by atoms with Crippen LogP contribution in [0.4, 0.5) is 5.69 Å². The van der Waals surface area contributed by atoms with E-state index >= 15 is 0 Å². The van der Waals surface area contributed by atoms with Crippen LogP contribution < -0.4 is 10.8 Å². The third kappa shape index (κ3) is 2.35. The number of para-hydroxylation sites is 1. The topological polar surface area (TPSA) is 47.7 Å². The number of ether oxygens (including phenoxy) is 1. The van der Waals surface area contributed by atoms with Crippen LogP contribution in [0.1, 0.15) is 18.6 Å². The minimum atomic E-state index is -0.0842. The second kappa shape index (κ2) is 5.30. The zero-order valence-electron chi connectivity index (χ0n) is 9.56. The van der Waals surface area contributed by atoms with E-state index in [1.165, 1.54) is 5.69 Å². The van der Waals surface area contributed by atoms with Crippen LogP contribution in [0.3, 0.4) is 0 Å². The molecule has 0 aromatic heterocycles. The summed E-state index contributed by atoms with van der Waals surface area (Å²) in [7, 11) is 0. The summed E-state index contributed by atoms with van der Waals surface area (Å²) in [4.78, 5) is 7.22. The molecule has 1 aliphatic heterocycles. The Hall–Kier alpha value is -1.10. The predicted molar refractivity (Wildman–Crippen MR) is 63.2 cm³/mol. The van der Waals surface area contributed by atoms with Crippen LogP contribution in [0.2, 0.25) is 0 Å². The summed E-state index contributed by atoms with van der Waals surface area (Å²) in [5, 5.41) is 0. The van der Waals surface area contributed by atoms with Crippen LogP contribution in [-0.4, -0.2) is 26.3 Å². The lowest BCUT2D eigenvalue weighted by molar-refractivity contribution is 0.0662. The van der Waals surface area contributed by atoms with Gasteiger partial charge in [-0.05, 0) is 13.0 Å². The minimum Gasteiger partial charge on any atom is -0.378 e. The average molecular weight is 222 g/mol.